The zero-order valence-corrected chi connectivity index (χ0v) is 10.6. The first-order valence-electron chi connectivity index (χ1n) is 5.29. The van der Waals surface area contributed by atoms with Crippen molar-refractivity contribution in [2.24, 2.45) is 0 Å². The lowest BCUT2D eigenvalue weighted by Gasteiger charge is -2.00. The van der Waals surface area contributed by atoms with Gasteiger partial charge in [0.2, 0.25) is 0 Å². The van der Waals surface area contributed by atoms with Gasteiger partial charge in [-0.15, -0.1) is 0 Å². The Hall–Kier alpha value is -1.13. The molecule has 2 aromatic rings. The first kappa shape index (κ1) is 10.1. The fraction of sp³-hybridized carbons (Fsp3) is 0.250. The summed E-state index contributed by atoms with van der Waals surface area (Å²) < 4.78 is 1.13. The summed E-state index contributed by atoms with van der Waals surface area (Å²) in [6.07, 6.45) is 0.959. The third kappa shape index (κ3) is 1.49. The van der Waals surface area contributed by atoms with Gasteiger partial charge >= 0.3 is 0 Å². The summed E-state index contributed by atoms with van der Waals surface area (Å²) in [7, 11) is 1.93. The normalized spacial score (nSPS) is 12.6. The number of rotatable bonds is 2. The van der Waals surface area contributed by atoms with Gasteiger partial charge in [-0.3, -0.25) is 0 Å². The van der Waals surface area contributed by atoms with Crippen molar-refractivity contribution >= 4 is 15.9 Å². The molecule has 3 rings (SSSR count). The van der Waals surface area contributed by atoms with E-state index < -0.39 is 0 Å². The fourth-order valence-electron chi connectivity index (χ4n) is 2.20. The number of halogens is 1. The van der Waals surface area contributed by atoms with Crippen molar-refractivity contribution in [3.05, 3.63) is 39.8 Å². The molecule has 0 fully saturated rings. The highest BCUT2D eigenvalue weighted by atomic mass is 79.9. The number of hydrogen-bond acceptors (Lipinski definition) is 2. The first-order valence-corrected chi connectivity index (χ1v) is 6.08. The first-order chi connectivity index (χ1) is 7.78. The molecular formula is C12H12BrN3. The summed E-state index contributed by atoms with van der Waals surface area (Å²) in [6, 6.07) is 6.37. The van der Waals surface area contributed by atoms with Crippen molar-refractivity contribution < 1.29 is 0 Å². The minimum Gasteiger partial charge on any atom is -0.344 e. The van der Waals surface area contributed by atoms with Gasteiger partial charge in [-0.05, 0) is 24.7 Å². The Bertz CT molecular complexity index is 545. The zero-order chi connectivity index (χ0) is 11.1. The van der Waals surface area contributed by atoms with Crippen LogP contribution in [0, 0.1) is 0 Å². The van der Waals surface area contributed by atoms with Gasteiger partial charge in [-0.2, -0.15) is 0 Å². The molecule has 0 amide bonds. The molecule has 0 atom stereocenters. The predicted octanol–water partition coefficient (Wildman–Crippen LogP) is 2.46. The van der Waals surface area contributed by atoms with Crippen LogP contribution in [0.2, 0.25) is 0 Å². The molecule has 82 valence electrons. The average molecular weight is 278 g/mol. The van der Waals surface area contributed by atoms with Crippen LogP contribution in [0.1, 0.15) is 17.1 Å². The number of nitrogens with one attached hydrogen (secondary N) is 2. The van der Waals surface area contributed by atoms with Crippen LogP contribution in [-0.2, 0) is 13.0 Å². The van der Waals surface area contributed by atoms with Crippen molar-refractivity contribution in [2.75, 3.05) is 7.05 Å². The van der Waals surface area contributed by atoms with Gasteiger partial charge in [0.1, 0.15) is 5.82 Å². The van der Waals surface area contributed by atoms with Crippen LogP contribution in [0.3, 0.4) is 0 Å². The molecule has 0 radical (unpaired) electrons. The van der Waals surface area contributed by atoms with Gasteiger partial charge in [0.05, 0.1) is 12.2 Å². The quantitative estimate of drug-likeness (QED) is 0.756. The smallest absolute Gasteiger partial charge is 0.121 e. The van der Waals surface area contributed by atoms with Crippen molar-refractivity contribution in [1.82, 2.24) is 15.3 Å². The Balaban J connectivity index is 2.06. The highest BCUT2D eigenvalue weighted by Gasteiger charge is 2.22. The number of nitrogens with zero attached hydrogens (tertiary/aromatic N) is 1. The van der Waals surface area contributed by atoms with Crippen LogP contribution in [0.4, 0.5) is 0 Å². The number of aromatic nitrogens is 2. The second-order valence-corrected chi connectivity index (χ2v) is 4.93. The molecule has 0 spiro atoms. The third-order valence-corrected chi connectivity index (χ3v) is 3.35. The molecule has 0 unspecified atom stereocenters. The van der Waals surface area contributed by atoms with Crippen LogP contribution in [0.5, 0.6) is 0 Å². The van der Waals surface area contributed by atoms with Crippen LogP contribution in [0.25, 0.3) is 11.3 Å². The number of benzene rings is 1. The van der Waals surface area contributed by atoms with Crippen LogP contribution in [0.15, 0.2) is 22.7 Å². The number of H-pyrrole nitrogens is 1. The maximum atomic E-state index is 4.62. The standard InChI is InChI=1S/C12H12BrN3/c1-14-6-11-15-10-5-7-4-8(13)2-3-9(7)12(10)16-11/h2-4,14H,5-6H2,1H3,(H,15,16). The Labute approximate surface area is 102 Å². The van der Waals surface area contributed by atoms with Crippen molar-refractivity contribution in [3.8, 4) is 11.3 Å². The molecule has 0 saturated carbocycles. The molecule has 0 saturated heterocycles. The lowest BCUT2D eigenvalue weighted by atomic mass is 10.1. The Kier molecular flexibility index (Phi) is 2.33. The maximum absolute atomic E-state index is 4.62. The second kappa shape index (κ2) is 3.71. The Morgan fingerprint density at radius 2 is 2.38 bits per heavy atom. The van der Waals surface area contributed by atoms with Crippen LogP contribution >= 0.6 is 15.9 Å². The van der Waals surface area contributed by atoms with E-state index >= 15 is 0 Å². The highest BCUT2D eigenvalue weighted by Crippen LogP contribution is 2.36. The summed E-state index contributed by atoms with van der Waals surface area (Å²) in [5.74, 6) is 1.01. The molecule has 1 aromatic carbocycles. The van der Waals surface area contributed by atoms with E-state index in [1.165, 1.54) is 16.8 Å². The summed E-state index contributed by atoms with van der Waals surface area (Å²) in [4.78, 5) is 7.99. The van der Waals surface area contributed by atoms with Crippen LogP contribution < -0.4 is 5.32 Å². The second-order valence-electron chi connectivity index (χ2n) is 4.02. The maximum Gasteiger partial charge on any atom is 0.121 e. The zero-order valence-electron chi connectivity index (χ0n) is 8.97. The summed E-state index contributed by atoms with van der Waals surface area (Å²) in [5.41, 5.74) is 4.96. The van der Waals surface area contributed by atoms with E-state index in [9.17, 15) is 0 Å². The third-order valence-electron chi connectivity index (χ3n) is 2.86. The molecular weight excluding hydrogens is 266 g/mol. The largest absolute Gasteiger partial charge is 0.344 e. The van der Waals surface area contributed by atoms with E-state index in [4.69, 9.17) is 0 Å². The summed E-state index contributed by atoms with van der Waals surface area (Å²) in [5, 5.41) is 3.10. The summed E-state index contributed by atoms with van der Waals surface area (Å²) in [6.45, 7) is 0.791. The monoisotopic (exact) mass is 277 g/mol. The topological polar surface area (TPSA) is 40.7 Å². The van der Waals surface area contributed by atoms with E-state index in [0.29, 0.717) is 0 Å². The highest BCUT2D eigenvalue weighted by molar-refractivity contribution is 9.10. The van der Waals surface area contributed by atoms with Gasteiger partial charge in [-0.1, -0.05) is 22.0 Å². The van der Waals surface area contributed by atoms with Gasteiger partial charge in [-0.25, -0.2) is 4.98 Å². The van der Waals surface area contributed by atoms with E-state index in [1.54, 1.807) is 0 Å². The number of hydrogen-bond donors (Lipinski definition) is 2. The van der Waals surface area contributed by atoms with Gasteiger partial charge in [0, 0.05) is 22.2 Å². The molecule has 1 aliphatic carbocycles. The van der Waals surface area contributed by atoms with E-state index in [-0.39, 0.29) is 0 Å². The lowest BCUT2D eigenvalue weighted by Crippen LogP contribution is -2.06. The summed E-state index contributed by atoms with van der Waals surface area (Å²) >= 11 is 3.50. The molecule has 4 heteroatoms. The number of fused-ring (bicyclic) bond motifs is 3. The van der Waals surface area contributed by atoms with Gasteiger partial charge in [0.15, 0.2) is 0 Å². The SMILES string of the molecule is CNCc1nc2c([nH]1)Cc1cc(Br)ccc1-2. The molecule has 2 N–H and O–H groups in total. The van der Waals surface area contributed by atoms with Gasteiger partial charge in [0.25, 0.3) is 0 Å². The fourth-order valence-corrected chi connectivity index (χ4v) is 2.60. The number of imidazole rings is 1. The van der Waals surface area contributed by atoms with Crippen molar-refractivity contribution in [2.45, 2.75) is 13.0 Å². The molecule has 1 heterocycles. The molecule has 16 heavy (non-hydrogen) atoms. The minimum atomic E-state index is 0.791. The minimum absolute atomic E-state index is 0.791. The van der Waals surface area contributed by atoms with Crippen molar-refractivity contribution in [3.63, 3.8) is 0 Å². The molecule has 1 aliphatic rings. The Morgan fingerprint density at radius 1 is 1.50 bits per heavy atom. The predicted molar refractivity (Wildman–Crippen MR) is 67.3 cm³/mol. The van der Waals surface area contributed by atoms with E-state index in [2.05, 4.69) is 49.4 Å². The average Bonchev–Trinajstić information content (AvgIpc) is 2.74. The van der Waals surface area contributed by atoms with Crippen LogP contribution in [-0.4, -0.2) is 17.0 Å². The van der Waals surface area contributed by atoms with E-state index in [1.807, 2.05) is 7.05 Å². The Morgan fingerprint density at radius 3 is 3.19 bits per heavy atom. The molecule has 0 bridgehead atoms. The molecule has 1 aromatic heterocycles. The van der Waals surface area contributed by atoms with Crippen molar-refractivity contribution in [1.29, 1.82) is 0 Å². The number of aromatic amines is 1. The van der Waals surface area contributed by atoms with E-state index in [0.717, 1.165) is 29.0 Å². The van der Waals surface area contributed by atoms with Gasteiger partial charge < -0.3 is 10.3 Å². The molecule has 0 aliphatic heterocycles. The lowest BCUT2D eigenvalue weighted by molar-refractivity contribution is 0.769. The molecule has 3 nitrogen and oxygen atoms in total.